The summed E-state index contributed by atoms with van der Waals surface area (Å²) in [4.78, 5) is 11.9. The highest BCUT2D eigenvalue weighted by atomic mass is 127. The number of benzene rings is 1. The maximum absolute atomic E-state index is 11.9. The zero-order valence-electron chi connectivity index (χ0n) is 9.93. The molecule has 0 amide bonds. The fourth-order valence-corrected chi connectivity index (χ4v) is 2.80. The van der Waals surface area contributed by atoms with Crippen LogP contribution in [0.1, 0.15) is 31.2 Å². The first-order valence-electron chi connectivity index (χ1n) is 6.05. The fourth-order valence-electron chi connectivity index (χ4n) is 2.09. The number of ether oxygens (including phenoxy) is 1. The van der Waals surface area contributed by atoms with Gasteiger partial charge in [0.25, 0.3) is 0 Å². The zero-order valence-corrected chi connectivity index (χ0v) is 12.1. The highest BCUT2D eigenvalue weighted by molar-refractivity contribution is 14.1. The molecular weight excluding hydrogens is 341 g/mol. The van der Waals surface area contributed by atoms with Crippen LogP contribution in [0.4, 0.5) is 0 Å². The first kappa shape index (κ1) is 13.3. The van der Waals surface area contributed by atoms with E-state index < -0.39 is 0 Å². The minimum Gasteiger partial charge on any atom is -0.426 e. The molecule has 0 saturated heterocycles. The van der Waals surface area contributed by atoms with Crippen LogP contribution in [-0.2, 0) is 4.79 Å². The van der Waals surface area contributed by atoms with Crippen LogP contribution in [-0.4, -0.2) is 9.89 Å². The van der Waals surface area contributed by atoms with E-state index in [-0.39, 0.29) is 11.9 Å². The lowest BCUT2D eigenvalue weighted by Gasteiger charge is -2.23. The zero-order chi connectivity index (χ0) is 13.0. The summed E-state index contributed by atoms with van der Waals surface area (Å²) in [6, 6.07) is 8.68. The van der Waals surface area contributed by atoms with Gasteiger partial charge in [-0.2, -0.15) is 5.26 Å². The molecular formula is C14H14INO2. The summed E-state index contributed by atoms with van der Waals surface area (Å²) in [5.41, 5.74) is 0.570. The highest BCUT2D eigenvalue weighted by Gasteiger charge is 2.26. The Balaban J connectivity index is 1.92. The van der Waals surface area contributed by atoms with E-state index in [1.165, 1.54) is 0 Å². The Bertz CT molecular complexity index is 456. The Morgan fingerprint density at radius 1 is 1.22 bits per heavy atom. The van der Waals surface area contributed by atoms with Gasteiger partial charge < -0.3 is 4.74 Å². The van der Waals surface area contributed by atoms with Crippen molar-refractivity contribution >= 4 is 28.6 Å². The van der Waals surface area contributed by atoms with Gasteiger partial charge in [0.05, 0.1) is 17.6 Å². The van der Waals surface area contributed by atoms with Gasteiger partial charge in [0.2, 0.25) is 0 Å². The number of esters is 1. The number of hydrogen-bond acceptors (Lipinski definition) is 3. The van der Waals surface area contributed by atoms with Gasteiger partial charge >= 0.3 is 5.97 Å². The highest BCUT2D eigenvalue weighted by Crippen LogP contribution is 2.30. The van der Waals surface area contributed by atoms with Crippen LogP contribution in [0.15, 0.2) is 24.3 Å². The number of hydrogen-bond donors (Lipinski definition) is 0. The van der Waals surface area contributed by atoms with E-state index in [2.05, 4.69) is 22.6 Å². The quantitative estimate of drug-likeness (QED) is 0.353. The molecule has 18 heavy (non-hydrogen) atoms. The second kappa shape index (κ2) is 6.19. The molecule has 4 heteroatoms. The summed E-state index contributed by atoms with van der Waals surface area (Å²) < 4.78 is 6.03. The molecule has 0 bridgehead atoms. The van der Waals surface area contributed by atoms with Gasteiger partial charge in [-0.15, -0.1) is 0 Å². The van der Waals surface area contributed by atoms with E-state index >= 15 is 0 Å². The van der Waals surface area contributed by atoms with Crippen molar-refractivity contribution in [3.05, 3.63) is 29.8 Å². The fraction of sp³-hybridized carbons (Fsp3) is 0.429. The number of nitriles is 1. The van der Waals surface area contributed by atoms with Crippen LogP contribution in [0.3, 0.4) is 0 Å². The number of carbonyl (C=O) groups is 1. The van der Waals surface area contributed by atoms with E-state index in [0.29, 0.717) is 15.2 Å². The molecule has 2 rings (SSSR count). The number of halogens is 1. The van der Waals surface area contributed by atoms with E-state index in [1.807, 2.05) is 6.07 Å². The summed E-state index contributed by atoms with van der Waals surface area (Å²) in [5, 5.41) is 8.68. The Labute approximate surface area is 120 Å². The molecule has 0 unspecified atom stereocenters. The Morgan fingerprint density at radius 2 is 1.83 bits per heavy atom. The first-order chi connectivity index (χ1) is 8.69. The van der Waals surface area contributed by atoms with Crippen LogP contribution in [0.25, 0.3) is 0 Å². The normalized spacial score (nSPS) is 23.1. The minimum atomic E-state index is -0.136. The molecule has 0 N–H and O–H groups in total. The molecule has 1 aromatic carbocycles. The number of rotatable bonds is 2. The summed E-state index contributed by atoms with van der Waals surface area (Å²) >= 11 is 2.44. The Morgan fingerprint density at radius 3 is 2.39 bits per heavy atom. The van der Waals surface area contributed by atoms with Crippen molar-refractivity contribution in [1.82, 2.24) is 0 Å². The van der Waals surface area contributed by atoms with Crippen molar-refractivity contribution in [2.45, 2.75) is 29.6 Å². The van der Waals surface area contributed by atoms with Gasteiger partial charge in [-0.25, -0.2) is 0 Å². The molecule has 1 saturated carbocycles. The second-order valence-electron chi connectivity index (χ2n) is 4.51. The average Bonchev–Trinajstić information content (AvgIpc) is 2.40. The molecule has 94 valence electrons. The average molecular weight is 355 g/mol. The van der Waals surface area contributed by atoms with Crippen molar-refractivity contribution in [3.8, 4) is 11.8 Å². The van der Waals surface area contributed by atoms with E-state index in [0.717, 1.165) is 25.7 Å². The standard InChI is InChI=1S/C14H14INO2/c15-12-5-3-11(4-6-12)14(17)18-13-7-1-10(9-16)2-8-13/h1-2,7-8,11-12H,3-6H2. The molecule has 0 atom stereocenters. The molecule has 1 aliphatic carbocycles. The topological polar surface area (TPSA) is 50.1 Å². The summed E-state index contributed by atoms with van der Waals surface area (Å²) in [7, 11) is 0. The molecule has 1 aromatic rings. The molecule has 0 aliphatic heterocycles. The van der Waals surface area contributed by atoms with Gasteiger partial charge in [-0.3, -0.25) is 4.79 Å². The van der Waals surface area contributed by atoms with E-state index in [4.69, 9.17) is 10.00 Å². The van der Waals surface area contributed by atoms with Crippen molar-refractivity contribution in [3.63, 3.8) is 0 Å². The third kappa shape index (κ3) is 3.45. The monoisotopic (exact) mass is 355 g/mol. The summed E-state index contributed by atoms with van der Waals surface area (Å²) in [6.07, 6.45) is 4.02. The van der Waals surface area contributed by atoms with Crippen molar-refractivity contribution in [1.29, 1.82) is 5.26 Å². The van der Waals surface area contributed by atoms with Crippen molar-refractivity contribution < 1.29 is 9.53 Å². The van der Waals surface area contributed by atoms with Gasteiger partial charge in [-0.05, 0) is 49.9 Å². The van der Waals surface area contributed by atoms with E-state index in [9.17, 15) is 4.79 Å². The lowest BCUT2D eigenvalue weighted by Crippen LogP contribution is -2.25. The van der Waals surface area contributed by atoms with Crippen LogP contribution in [0.5, 0.6) is 5.75 Å². The smallest absolute Gasteiger partial charge is 0.314 e. The number of alkyl halides is 1. The molecule has 1 aliphatic rings. The molecule has 3 nitrogen and oxygen atoms in total. The second-order valence-corrected chi connectivity index (χ2v) is 6.27. The molecule has 0 aromatic heterocycles. The van der Waals surface area contributed by atoms with Gasteiger partial charge in [0.1, 0.15) is 5.75 Å². The molecule has 1 fully saturated rings. The minimum absolute atomic E-state index is 0.0339. The van der Waals surface area contributed by atoms with E-state index in [1.54, 1.807) is 24.3 Å². The number of carbonyl (C=O) groups excluding carboxylic acids is 1. The van der Waals surface area contributed by atoms with Crippen LogP contribution in [0.2, 0.25) is 0 Å². The SMILES string of the molecule is N#Cc1ccc(OC(=O)C2CCC(I)CC2)cc1. The van der Waals surface area contributed by atoms with Gasteiger partial charge in [0, 0.05) is 3.92 Å². The third-order valence-electron chi connectivity index (χ3n) is 3.19. The molecule has 0 radical (unpaired) electrons. The van der Waals surface area contributed by atoms with Gasteiger partial charge in [0.15, 0.2) is 0 Å². The third-order valence-corrected chi connectivity index (χ3v) is 4.44. The summed E-state index contributed by atoms with van der Waals surface area (Å²) in [5.74, 6) is 0.422. The Hall–Kier alpha value is -1.09. The lowest BCUT2D eigenvalue weighted by atomic mass is 9.89. The predicted molar refractivity (Wildman–Crippen MR) is 76.6 cm³/mol. The van der Waals surface area contributed by atoms with Crippen LogP contribution >= 0.6 is 22.6 Å². The van der Waals surface area contributed by atoms with Crippen molar-refractivity contribution in [2.24, 2.45) is 5.92 Å². The first-order valence-corrected chi connectivity index (χ1v) is 7.29. The van der Waals surface area contributed by atoms with Crippen molar-refractivity contribution in [2.75, 3.05) is 0 Å². The maximum Gasteiger partial charge on any atom is 0.314 e. The largest absolute Gasteiger partial charge is 0.426 e. The van der Waals surface area contributed by atoms with Crippen LogP contribution < -0.4 is 4.74 Å². The maximum atomic E-state index is 11.9. The summed E-state index contributed by atoms with van der Waals surface area (Å²) in [6.45, 7) is 0. The lowest BCUT2D eigenvalue weighted by molar-refractivity contribution is -0.139. The van der Waals surface area contributed by atoms with Gasteiger partial charge in [-0.1, -0.05) is 22.6 Å². The predicted octanol–water partition coefficient (Wildman–Crippen LogP) is 3.46. The molecule has 0 spiro atoms. The number of nitrogens with zero attached hydrogens (tertiary/aromatic N) is 1. The molecule has 0 heterocycles. The Kier molecular flexibility index (Phi) is 4.59. The van der Waals surface area contributed by atoms with Crippen LogP contribution in [0, 0.1) is 17.2 Å².